The number of hydrogen-bond donors (Lipinski definition) is 0. The van der Waals surface area contributed by atoms with Gasteiger partial charge in [0.25, 0.3) is 0 Å². The van der Waals surface area contributed by atoms with Crippen LogP contribution in [0.4, 0.5) is 9.18 Å². The van der Waals surface area contributed by atoms with Crippen LogP contribution in [0.5, 0.6) is 5.75 Å². The number of halogens is 1. The summed E-state index contributed by atoms with van der Waals surface area (Å²) in [5.41, 5.74) is -0.00849. The maximum absolute atomic E-state index is 13.8. The molecule has 1 saturated carbocycles. The van der Waals surface area contributed by atoms with E-state index in [-0.39, 0.29) is 23.3 Å². The lowest BCUT2D eigenvalue weighted by molar-refractivity contribution is -0.144. The zero-order valence-electron chi connectivity index (χ0n) is 15.2. The third kappa shape index (κ3) is 3.43. The Morgan fingerprint density at radius 2 is 1.89 bits per heavy atom. The minimum absolute atomic E-state index is 0.00849. The number of ether oxygens (including phenoxy) is 1. The first-order valence-corrected chi connectivity index (χ1v) is 8.91. The van der Waals surface area contributed by atoms with Crippen LogP contribution in [-0.4, -0.2) is 53.1 Å². The number of hydrogen-bond acceptors (Lipinski definition) is 5. The molecule has 2 atom stereocenters. The number of ketones is 1. The minimum atomic E-state index is -1.01. The van der Waals surface area contributed by atoms with Gasteiger partial charge in [-0.25, -0.2) is 14.1 Å². The van der Waals surface area contributed by atoms with Crippen LogP contribution < -0.4 is 4.74 Å². The molecular formula is C19H21FN2O5. The molecule has 0 N–H and O–H groups in total. The van der Waals surface area contributed by atoms with Crippen LogP contribution in [0.1, 0.15) is 43.0 Å². The van der Waals surface area contributed by atoms with Gasteiger partial charge < -0.3 is 4.74 Å². The highest BCUT2D eigenvalue weighted by molar-refractivity contribution is 6.45. The van der Waals surface area contributed by atoms with Crippen LogP contribution in [0.15, 0.2) is 18.2 Å². The third-order valence-corrected chi connectivity index (χ3v) is 5.26. The highest BCUT2D eigenvalue weighted by Crippen LogP contribution is 2.31. The molecule has 2 aliphatic rings. The Balaban J connectivity index is 1.77. The largest absolute Gasteiger partial charge is 0.494 e. The summed E-state index contributed by atoms with van der Waals surface area (Å²) in [5.74, 6) is -3.19. The number of amides is 4. The van der Waals surface area contributed by atoms with Crippen molar-refractivity contribution in [3.8, 4) is 5.75 Å². The van der Waals surface area contributed by atoms with Gasteiger partial charge in [-0.1, -0.05) is 19.8 Å². The van der Waals surface area contributed by atoms with Crippen molar-refractivity contribution in [2.75, 3.05) is 13.7 Å². The standard InChI is InChI=1S/C19H21FN2O5/c1-11-5-3-4-6-14(11)22-18(25)17(24)21(19(22)26)10-15(23)12-7-8-16(27-2)13(20)9-12/h7-9,11,14H,3-6,10H2,1-2H3/t11-,14+/m0/s1. The highest BCUT2D eigenvalue weighted by Gasteiger charge is 2.49. The number of Topliss-reactive ketones (excluding diaryl/α,β-unsaturated/α-hetero) is 1. The van der Waals surface area contributed by atoms with Crippen molar-refractivity contribution >= 4 is 23.6 Å². The summed E-state index contributed by atoms with van der Waals surface area (Å²) >= 11 is 0. The molecule has 1 heterocycles. The summed E-state index contributed by atoms with van der Waals surface area (Å²) in [5, 5.41) is 0. The second-order valence-electron chi connectivity index (χ2n) is 6.95. The molecule has 3 rings (SSSR count). The molecule has 8 heteroatoms. The summed E-state index contributed by atoms with van der Waals surface area (Å²) < 4.78 is 18.6. The molecule has 1 aliphatic heterocycles. The molecule has 1 aliphatic carbocycles. The van der Waals surface area contributed by atoms with Gasteiger partial charge in [0.05, 0.1) is 13.7 Å². The fraction of sp³-hybridized carbons (Fsp3) is 0.474. The second-order valence-corrected chi connectivity index (χ2v) is 6.95. The van der Waals surface area contributed by atoms with E-state index in [4.69, 9.17) is 4.74 Å². The maximum atomic E-state index is 13.8. The SMILES string of the molecule is COc1ccc(C(=O)CN2C(=O)C(=O)N([C@@H]3CCCC[C@@H]3C)C2=O)cc1F. The summed E-state index contributed by atoms with van der Waals surface area (Å²) in [6.07, 6.45) is 3.43. The van der Waals surface area contributed by atoms with Gasteiger partial charge in [0.15, 0.2) is 17.3 Å². The number of methoxy groups -OCH3 is 1. The number of carbonyl (C=O) groups is 4. The van der Waals surface area contributed by atoms with E-state index in [2.05, 4.69) is 0 Å². The average molecular weight is 376 g/mol. The Morgan fingerprint density at radius 3 is 2.52 bits per heavy atom. The van der Waals surface area contributed by atoms with Crippen molar-refractivity contribution in [2.45, 2.75) is 38.6 Å². The van der Waals surface area contributed by atoms with Crippen LogP contribution in [0.2, 0.25) is 0 Å². The number of imide groups is 2. The van der Waals surface area contributed by atoms with Gasteiger partial charge in [-0.2, -0.15) is 0 Å². The van der Waals surface area contributed by atoms with E-state index in [1.54, 1.807) is 0 Å². The minimum Gasteiger partial charge on any atom is -0.494 e. The first kappa shape index (κ1) is 19.0. The lowest BCUT2D eigenvalue weighted by Gasteiger charge is -2.34. The lowest BCUT2D eigenvalue weighted by Crippen LogP contribution is -2.46. The molecule has 1 saturated heterocycles. The van der Waals surface area contributed by atoms with E-state index >= 15 is 0 Å². The van der Waals surface area contributed by atoms with Crippen molar-refractivity contribution in [1.29, 1.82) is 0 Å². The van der Waals surface area contributed by atoms with Crippen LogP contribution >= 0.6 is 0 Å². The molecular weight excluding hydrogens is 355 g/mol. The molecule has 7 nitrogen and oxygen atoms in total. The molecule has 0 unspecified atom stereocenters. The fourth-order valence-electron chi connectivity index (χ4n) is 3.71. The Labute approximate surface area is 156 Å². The maximum Gasteiger partial charge on any atom is 0.334 e. The summed E-state index contributed by atoms with van der Waals surface area (Å²) in [6, 6.07) is 2.51. The Hall–Kier alpha value is -2.77. The smallest absolute Gasteiger partial charge is 0.334 e. The number of rotatable bonds is 5. The van der Waals surface area contributed by atoms with Crippen molar-refractivity contribution in [3.05, 3.63) is 29.6 Å². The van der Waals surface area contributed by atoms with Gasteiger partial charge in [0.1, 0.15) is 0 Å². The molecule has 4 amide bonds. The van der Waals surface area contributed by atoms with Crippen molar-refractivity contribution in [2.24, 2.45) is 5.92 Å². The molecule has 0 bridgehead atoms. The van der Waals surface area contributed by atoms with Gasteiger partial charge in [-0.15, -0.1) is 0 Å². The Bertz CT molecular complexity index is 809. The molecule has 1 aromatic carbocycles. The molecule has 2 fully saturated rings. The summed E-state index contributed by atoms with van der Waals surface area (Å²) in [7, 11) is 1.30. The van der Waals surface area contributed by atoms with E-state index in [1.165, 1.54) is 19.2 Å². The molecule has 1 aromatic rings. The predicted octanol–water partition coefficient (Wildman–Crippen LogP) is 2.39. The monoisotopic (exact) mass is 376 g/mol. The zero-order chi connectivity index (χ0) is 19.7. The highest BCUT2D eigenvalue weighted by atomic mass is 19.1. The van der Waals surface area contributed by atoms with Crippen LogP contribution in [0.3, 0.4) is 0 Å². The first-order chi connectivity index (χ1) is 12.8. The van der Waals surface area contributed by atoms with Gasteiger partial charge >= 0.3 is 17.8 Å². The van der Waals surface area contributed by atoms with Crippen molar-refractivity contribution in [3.63, 3.8) is 0 Å². The molecule has 144 valence electrons. The normalized spacial score (nSPS) is 23.1. The number of carbonyl (C=O) groups excluding carboxylic acids is 4. The lowest BCUT2D eigenvalue weighted by atomic mass is 9.85. The summed E-state index contributed by atoms with van der Waals surface area (Å²) in [4.78, 5) is 51.4. The fourth-order valence-corrected chi connectivity index (χ4v) is 3.71. The molecule has 0 spiro atoms. The van der Waals surface area contributed by atoms with E-state index < -0.39 is 36.0 Å². The molecule has 27 heavy (non-hydrogen) atoms. The van der Waals surface area contributed by atoms with Crippen molar-refractivity contribution in [1.82, 2.24) is 9.80 Å². The zero-order valence-corrected chi connectivity index (χ0v) is 15.2. The third-order valence-electron chi connectivity index (χ3n) is 5.26. The molecule has 0 radical (unpaired) electrons. The van der Waals surface area contributed by atoms with Crippen molar-refractivity contribution < 1.29 is 28.3 Å². The molecule has 0 aromatic heterocycles. The van der Waals surface area contributed by atoms with E-state index in [0.29, 0.717) is 11.3 Å². The first-order valence-electron chi connectivity index (χ1n) is 8.91. The quantitative estimate of drug-likeness (QED) is 0.448. The Morgan fingerprint density at radius 1 is 1.19 bits per heavy atom. The van der Waals surface area contributed by atoms with E-state index in [9.17, 15) is 23.6 Å². The van der Waals surface area contributed by atoms with Gasteiger partial charge in [0, 0.05) is 11.6 Å². The van der Waals surface area contributed by atoms with E-state index in [0.717, 1.165) is 30.2 Å². The number of urea groups is 1. The van der Waals surface area contributed by atoms with E-state index in [1.807, 2.05) is 6.92 Å². The second kappa shape index (κ2) is 7.46. The topological polar surface area (TPSA) is 84.0 Å². The van der Waals surface area contributed by atoms with Gasteiger partial charge in [0.2, 0.25) is 0 Å². The van der Waals surface area contributed by atoms with Crippen LogP contribution in [0, 0.1) is 11.7 Å². The van der Waals surface area contributed by atoms with Crippen LogP contribution in [-0.2, 0) is 9.59 Å². The summed E-state index contributed by atoms with van der Waals surface area (Å²) in [6.45, 7) is 1.34. The number of benzene rings is 1. The van der Waals surface area contributed by atoms with Crippen LogP contribution in [0.25, 0.3) is 0 Å². The predicted molar refractivity (Wildman–Crippen MR) is 92.7 cm³/mol. The van der Waals surface area contributed by atoms with Gasteiger partial charge in [-0.3, -0.25) is 19.3 Å². The number of nitrogens with zero attached hydrogens (tertiary/aromatic N) is 2. The Kier molecular flexibility index (Phi) is 5.25. The average Bonchev–Trinajstić information content (AvgIpc) is 2.85. The van der Waals surface area contributed by atoms with Gasteiger partial charge in [-0.05, 0) is 37.0 Å².